The first-order valence-corrected chi connectivity index (χ1v) is 9.27. The van der Waals surface area contributed by atoms with Gasteiger partial charge in [0.1, 0.15) is 5.82 Å². The molecule has 0 radical (unpaired) electrons. The molecule has 0 saturated heterocycles. The standard InChI is InChI=1S/C23H19FN4O2/c1-27(2)23(30)17-5-3-4-16(10-17)18-11-20(26-14-29)22-25-12-21(28(22)13-18)15-6-8-19(24)9-7-15/h3-14H,1-2H3,(H,26,29). The molecule has 0 aliphatic rings. The van der Waals surface area contributed by atoms with Gasteiger partial charge in [0.05, 0.1) is 17.6 Å². The van der Waals surface area contributed by atoms with Crippen LogP contribution in [-0.2, 0) is 4.79 Å². The number of hydrogen-bond donors (Lipinski definition) is 1. The molecule has 30 heavy (non-hydrogen) atoms. The molecule has 0 aliphatic carbocycles. The zero-order chi connectivity index (χ0) is 21.3. The van der Waals surface area contributed by atoms with Gasteiger partial charge in [0.2, 0.25) is 6.41 Å². The molecule has 0 fully saturated rings. The molecule has 4 aromatic rings. The number of fused-ring (bicyclic) bond motifs is 1. The van der Waals surface area contributed by atoms with E-state index in [2.05, 4.69) is 10.3 Å². The van der Waals surface area contributed by atoms with E-state index in [0.717, 1.165) is 22.4 Å². The van der Waals surface area contributed by atoms with Crippen LogP contribution in [0.25, 0.3) is 28.0 Å². The van der Waals surface area contributed by atoms with Crippen molar-refractivity contribution in [1.82, 2.24) is 14.3 Å². The van der Waals surface area contributed by atoms with Crippen molar-refractivity contribution in [2.24, 2.45) is 0 Å². The number of imidazole rings is 1. The molecule has 0 bridgehead atoms. The lowest BCUT2D eigenvalue weighted by molar-refractivity contribution is -0.105. The molecular formula is C23H19FN4O2. The number of hydrogen-bond acceptors (Lipinski definition) is 3. The first-order chi connectivity index (χ1) is 14.5. The molecule has 0 unspecified atom stereocenters. The fourth-order valence-corrected chi connectivity index (χ4v) is 3.34. The summed E-state index contributed by atoms with van der Waals surface area (Å²) in [6.07, 6.45) is 4.15. The fourth-order valence-electron chi connectivity index (χ4n) is 3.34. The summed E-state index contributed by atoms with van der Waals surface area (Å²) >= 11 is 0. The van der Waals surface area contributed by atoms with Crippen LogP contribution in [0.3, 0.4) is 0 Å². The largest absolute Gasteiger partial charge is 0.345 e. The Bertz CT molecular complexity index is 1250. The molecule has 0 saturated carbocycles. The average molecular weight is 402 g/mol. The summed E-state index contributed by atoms with van der Waals surface area (Å²) in [5.74, 6) is -0.419. The molecule has 2 aromatic carbocycles. The average Bonchev–Trinajstić information content (AvgIpc) is 3.18. The van der Waals surface area contributed by atoms with Crippen LogP contribution < -0.4 is 5.32 Å². The van der Waals surface area contributed by atoms with E-state index in [1.807, 2.05) is 34.9 Å². The molecule has 7 heteroatoms. The lowest BCUT2D eigenvalue weighted by atomic mass is 10.0. The van der Waals surface area contributed by atoms with Gasteiger partial charge in [0.15, 0.2) is 5.65 Å². The van der Waals surface area contributed by atoms with Gasteiger partial charge in [-0.2, -0.15) is 0 Å². The smallest absolute Gasteiger partial charge is 0.253 e. The Balaban J connectivity index is 1.90. The number of benzene rings is 2. The van der Waals surface area contributed by atoms with Crippen LogP contribution in [0.2, 0.25) is 0 Å². The Morgan fingerprint density at radius 1 is 1.07 bits per heavy atom. The number of anilines is 1. The normalized spacial score (nSPS) is 10.8. The number of nitrogens with zero attached hydrogens (tertiary/aromatic N) is 3. The molecule has 150 valence electrons. The molecule has 0 aliphatic heterocycles. The van der Waals surface area contributed by atoms with Crippen molar-refractivity contribution in [3.8, 4) is 22.4 Å². The number of pyridine rings is 1. The van der Waals surface area contributed by atoms with Crippen molar-refractivity contribution in [1.29, 1.82) is 0 Å². The first-order valence-electron chi connectivity index (χ1n) is 9.27. The zero-order valence-corrected chi connectivity index (χ0v) is 16.5. The minimum absolute atomic E-state index is 0.0983. The maximum absolute atomic E-state index is 13.3. The molecule has 1 N–H and O–H groups in total. The van der Waals surface area contributed by atoms with E-state index in [-0.39, 0.29) is 11.7 Å². The summed E-state index contributed by atoms with van der Waals surface area (Å²) in [6, 6.07) is 15.2. The number of amides is 2. The summed E-state index contributed by atoms with van der Waals surface area (Å²) < 4.78 is 15.2. The predicted octanol–water partition coefficient (Wildman–Crippen LogP) is 4.08. The van der Waals surface area contributed by atoms with Crippen LogP contribution in [-0.4, -0.2) is 40.7 Å². The lowest BCUT2D eigenvalue weighted by Crippen LogP contribution is -2.21. The molecule has 2 heterocycles. The van der Waals surface area contributed by atoms with E-state index in [4.69, 9.17) is 0 Å². The summed E-state index contributed by atoms with van der Waals surface area (Å²) in [7, 11) is 3.40. The van der Waals surface area contributed by atoms with Crippen molar-refractivity contribution >= 4 is 23.7 Å². The van der Waals surface area contributed by atoms with Gasteiger partial charge in [-0.05, 0) is 48.0 Å². The van der Waals surface area contributed by atoms with Crippen LogP contribution in [0.15, 0.2) is 67.0 Å². The van der Waals surface area contributed by atoms with E-state index in [9.17, 15) is 14.0 Å². The van der Waals surface area contributed by atoms with E-state index in [0.29, 0.717) is 23.3 Å². The van der Waals surface area contributed by atoms with Gasteiger partial charge in [-0.15, -0.1) is 0 Å². The second-order valence-corrected chi connectivity index (χ2v) is 7.03. The quantitative estimate of drug-likeness (QED) is 0.512. The van der Waals surface area contributed by atoms with Crippen LogP contribution >= 0.6 is 0 Å². The molecule has 0 atom stereocenters. The molecular weight excluding hydrogens is 383 g/mol. The lowest BCUT2D eigenvalue weighted by Gasteiger charge is -2.13. The number of aromatic nitrogens is 2. The number of carbonyl (C=O) groups excluding carboxylic acids is 2. The second-order valence-electron chi connectivity index (χ2n) is 7.03. The molecule has 0 spiro atoms. The van der Waals surface area contributed by atoms with Crippen molar-refractivity contribution in [3.63, 3.8) is 0 Å². The van der Waals surface area contributed by atoms with Crippen LogP contribution in [0.1, 0.15) is 10.4 Å². The second kappa shape index (κ2) is 7.79. The topological polar surface area (TPSA) is 66.7 Å². The zero-order valence-electron chi connectivity index (χ0n) is 16.5. The highest BCUT2D eigenvalue weighted by molar-refractivity contribution is 5.95. The number of carbonyl (C=O) groups is 2. The van der Waals surface area contributed by atoms with Gasteiger partial charge >= 0.3 is 0 Å². The van der Waals surface area contributed by atoms with E-state index < -0.39 is 0 Å². The summed E-state index contributed by atoms with van der Waals surface area (Å²) in [5.41, 5.74) is 4.80. The fraction of sp³-hybridized carbons (Fsp3) is 0.0870. The van der Waals surface area contributed by atoms with Gasteiger partial charge in [-0.25, -0.2) is 9.37 Å². The number of rotatable bonds is 5. The summed E-state index contributed by atoms with van der Waals surface area (Å²) in [5, 5.41) is 2.69. The predicted molar refractivity (Wildman–Crippen MR) is 114 cm³/mol. The Morgan fingerprint density at radius 2 is 1.83 bits per heavy atom. The van der Waals surface area contributed by atoms with Crippen molar-refractivity contribution in [2.75, 3.05) is 19.4 Å². The molecule has 4 rings (SSSR count). The Labute approximate surface area is 172 Å². The summed E-state index contributed by atoms with van der Waals surface area (Å²) in [6.45, 7) is 0. The Morgan fingerprint density at radius 3 is 2.53 bits per heavy atom. The molecule has 2 amide bonds. The van der Waals surface area contributed by atoms with Crippen LogP contribution in [0.5, 0.6) is 0 Å². The van der Waals surface area contributed by atoms with Crippen LogP contribution in [0, 0.1) is 5.82 Å². The van der Waals surface area contributed by atoms with Gasteiger partial charge in [0.25, 0.3) is 5.91 Å². The first kappa shape index (κ1) is 19.3. The van der Waals surface area contributed by atoms with E-state index >= 15 is 0 Å². The number of nitrogens with one attached hydrogen (secondary N) is 1. The SMILES string of the molecule is CN(C)C(=O)c1cccc(-c2cc(NC=O)c3ncc(-c4ccc(F)cc4)n3c2)c1. The van der Waals surface area contributed by atoms with Crippen molar-refractivity contribution < 1.29 is 14.0 Å². The Hall–Kier alpha value is -4.00. The van der Waals surface area contributed by atoms with E-state index in [1.54, 1.807) is 38.5 Å². The Kier molecular flexibility index (Phi) is 5.02. The minimum Gasteiger partial charge on any atom is -0.345 e. The molecule has 6 nitrogen and oxygen atoms in total. The third-order valence-electron chi connectivity index (χ3n) is 4.81. The highest BCUT2D eigenvalue weighted by atomic mass is 19.1. The third-order valence-corrected chi connectivity index (χ3v) is 4.81. The van der Waals surface area contributed by atoms with Gasteiger partial charge < -0.3 is 10.2 Å². The highest BCUT2D eigenvalue weighted by Crippen LogP contribution is 2.30. The van der Waals surface area contributed by atoms with Crippen molar-refractivity contribution in [2.45, 2.75) is 0 Å². The van der Waals surface area contributed by atoms with E-state index in [1.165, 1.54) is 17.0 Å². The minimum atomic E-state index is -0.320. The molecule has 2 aromatic heterocycles. The van der Waals surface area contributed by atoms with Gasteiger partial charge in [0, 0.05) is 37.0 Å². The van der Waals surface area contributed by atoms with Crippen LogP contribution in [0.4, 0.5) is 10.1 Å². The van der Waals surface area contributed by atoms with Gasteiger partial charge in [-0.3, -0.25) is 14.0 Å². The highest BCUT2D eigenvalue weighted by Gasteiger charge is 2.14. The summed E-state index contributed by atoms with van der Waals surface area (Å²) in [4.78, 5) is 29.5. The third kappa shape index (κ3) is 3.53. The maximum Gasteiger partial charge on any atom is 0.253 e. The van der Waals surface area contributed by atoms with Crippen molar-refractivity contribution in [3.05, 3.63) is 78.4 Å². The monoisotopic (exact) mass is 402 g/mol. The maximum atomic E-state index is 13.3. The van der Waals surface area contributed by atoms with Gasteiger partial charge in [-0.1, -0.05) is 12.1 Å². The number of halogens is 1.